The molecule has 1 fully saturated rings. The lowest BCUT2D eigenvalue weighted by molar-refractivity contribution is -0.120. The molecule has 0 saturated carbocycles. The molecule has 130 valence electrons. The fourth-order valence-electron chi connectivity index (χ4n) is 3.21. The monoisotopic (exact) mass is 333 g/mol. The van der Waals surface area contributed by atoms with Gasteiger partial charge in [0.1, 0.15) is 5.82 Å². The minimum absolute atomic E-state index is 0.0192. The standard InChI is InChI=1S/C18H24FN3O2/c19-14-2-3-16-13(12-21-17(16)11-14)10-18(24)20-6-1-7-22-8-4-15(23)5-9-22/h2-3,11-12,15,21,23H,1,4-10H2,(H,20,24). The van der Waals surface area contributed by atoms with E-state index in [1.54, 1.807) is 12.3 Å². The van der Waals surface area contributed by atoms with Crippen molar-refractivity contribution in [1.82, 2.24) is 15.2 Å². The van der Waals surface area contributed by atoms with E-state index in [9.17, 15) is 14.3 Å². The Kier molecular flexibility index (Phi) is 5.48. The predicted molar refractivity (Wildman–Crippen MR) is 91.3 cm³/mol. The fourth-order valence-corrected chi connectivity index (χ4v) is 3.21. The molecule has 2 heterocycles. The average molecular weight is 333 g/mol. The van der Waals surface area contributed by atoms with Gasteiger partial charge in [0.05, 0.1) is 12.5 Å². The molecule has 1 saturated heterocycles. The van der Waals surface area contributed by atoms with Crippen LogP contribution in [0.5, 0.6) is 0 Å². The normalized spacial score (nSPS) is 16.6. The summed E-state index contributed by atoms with van der Waals surface area (Å²) in [5.41, 5.74) is 1.60. The van der Waals surface area contributed by atoms with Crippen LogP contribution in [-0.4, -0.2) is 53.2 Å². The van der Waals surface area contributed by atoms with Gasteiger partial charge in [0.2, 0.25) is 5.91 Å². The molecule has 0 bridgehead atoms. The number of nitrogens with one attached hydrogen (secondary N) is 2. The number of hydrogen-bond donors (Lipinski definition) is 3. The van der Waals surface area contributed by atoms with Crippen LogP contribution in [0.25, 0.3) is 10.9 Å². The summed E-state index contributed by atoms with van der Waals surface area (Å²) in [6, 6.07) is 4.55. The summed E-state index contributed by atoms with van der Waals surface area (Å²) in [6.07, 6.45) is 4.50. The molecule has 1 aromatic carbocycles. The number of H-pyrrole nitrogens is 1. The second-order valence-electron chi connectivity index (χ2n) is 6.46. The predicted octanol–water partition coefficient (Wildman–Crippen LogP) is 1.81. The van der Waals surface area contributed by atoms with Crippen LogP contribution in [0.2, 0.25) is 0 Å². The van der Waals surface area contributed by atoms with Crippen LogP contribution in [0.3, 0.4) is 0 Å². The fraction of sp³-hybridized carbons (Fsp3) is 0.500. The second kappa shape index (κ2) is 7.77. The Balaban J connectivity index is 1.41. The number of benzene rings is 1. The first-order chi connectivity index (χ1) is 11.6. The van der Waals surface area contributed by atoms with Crippen molar-refractivity contribution in [3.8, 4) is 0 Å². The second-order valence-corrected chi connectivity index (χ2v) is 6.46. The number of nitrogens with zero attached hydrogens (tertiary/aromatic N) is 1. The number of carbonyl (C=O) groups is 1. The Hall–Kier alpha value is -1.92. The number of likely N-dealkylation sites (tertiary alicyclic amines) is 1. The minimum atomic E-state index is -0.286. The highest BCUT2D eigenvalue weighted by Crippen LogP contribution is 2.19. The van der Waals surface area contributed by atoms with Crippen LogP contribution in [0, 0.1) is 5.82 Å². The SMILES string of the molecule is O=C(Cc1c[nH]c2cc(F)ccc12)NCCCN1CCC(O)CC1. The summed E-state index contributed by atoms with van der Waals surface area (Å²) in [5.74, 6) is -0.306. The molecule has 3 N–H and O–H groups in total. The molecule has 0 atom stereocenters. The minimum Gasteiger partial charge on any atom is -0.393 e. The van der Waals surface area contributed by atoms with Crippen molar-refractivity contribution < 1.29 is 14.3 Å². The number of aliphatic hydroxyl groups excluding tert-OH is 1. The largest absolute Gasteiger partial charge is 0.393 e. The van der Waals surface area contributed by atoms with Crippen LogP contribution in [0.1, 0.15) is 24.8 Å². The van der Waals surface area contributed by atoms with E-state index < -0.39 is 0 Å². The van der Waals surface area contributed by atoms with Crippen molar-refractivity contribution in [2.75, 3.05) is 26.2 Å². The van der Waals surface area contributed by atoms with Gasteiger partial charge in [-0.25, -0.2) is 4.39 Å². The molecule has 3 rings (SSSR count). The summed E-state index contributed by atoms with van der Waals surface area (Å²) in [4.78, 5) is 17.4. The zero-order chi connectivity index (χ0) is 16.9. The molecule has 1 aliphatic rings. The molecular weight excluding hydrogens is 309 g/mol. The summed E-state index contributed by atoms with van der Waals surface area (Å²) in [6.45, 7) is 3.45. The summed E-state index contributed by atoms with van der Waals surface area (Å²) in [5, 5.41) is 13.3. The van der Waals surface area contributed by atoms with Crippen molar-refractivity contribution in [3.63, 3.8) is 0 Å². The van der Waals surface area contributed by atoms with Crippen molar-refractivity contribution in [2.45, 2.75) is 31.8 Å². The van der Waals surface area contributed by atoms with Crippen molar-refractivity contribution >= 4 is 16.8 Å². The number of carbonyl (C=O) groups excluding carboxylic acids is 1. The number of amides is 1. The molecule has 5 nitrogen and oxygen atoms in total. The Morgan fingerprint density at radius 3 is 2.96 bits per heavy atom. The third-order valence-corrected chi connectivity index (χ3v) is 4.61. The van der Waals surface area contributed by atoms with E-state index in [0.717, 1.165) is 49.8 Å². The number of halogens is 1. The first-order valence-electron chi connectivity index (χ1n) is 8.54. The number of rotatable bonds is 6. The first kappa shape index (κ1) is 16.9. The summed E-state index contributed by atoms with van der Waals surface area (Å²) >= 11 is 0. The van der Waals surface area contributed by atoms with Gasteiger partial charge in [0.15, 0.2) is 0 Å². The summed E-state index contributed by atoms with van der Waals surface area (Å²) in [7, 11) is 0. The van der Waals surface area contributed by atoms with Gasteiger partial charge in [-0.3, -0.25) is 4.79 Å². The first-order valence-corrected chi connectivity index (χ1v) is 8.54. The van der Waals surface area contributed by atoms with Gasteiger partial charge in [0.25, 0.3) is 0 Å². The lowest BCUT2D eigenvalue weighted by Crippen LogP contribution is -2.37. The highest BCUT2D eigenvalue weighted by Gasteiger charge is 2.16. The smallest absolute Gasteiger partial charge is 0.224 e. The number of fused-ring (bicyclic) bond motifs is 1. The van der Waals surface area contributed by atoms with Gasteiger partial charge in [-0.1, -0.05) is 0 Å². The number of hydrogen-bond acceptors (Lipinski definition) is 3. The zero-order valence-electron chi connectivity index (χ0n) is 13.7. The number of aliphatic hydroxyl groups is 1. The molecule has 0 aliphatic carbocycles. The molecule has 0 radical (unpaired) electrons. The molecule has 1 aromatic heterocycles. The van der Waals surface area contributed by atoms with Gasteiger partial charge in [0, 0.05) is 36.7 Å². The Labute approximate surface area is 140 Å². The Morgan fingerprint density at radius 1 is 1.38 bits per heavy atom. The highest BCUT2D eigenvalue weighted by molar-refractivity contribution is 5.88. The van der Waals surface area contributed by atoms with E-state index in [4.69, 9.17) is 0 Å². The maximum absolute atomic E-state index is 13.2. The van der Waals surface area contributed by atoms with E-state index in [2.05, 4.69) is 15.2 Å². The lowest BCUT2D eigenvalue weighted by Gasteiger charge is -2.29. The van der Waals surface area contributed by atoms with Gasteiger partial charge in [-0.15, -0.1) is 0 Å². The van der Waals surface area contributed by atoms with Crippen LogP contribution >= 0.6 is 0 Å². The molecule has 6 heteroatoms. The van der Waals surface area contributed by atoms with Gasteiger partial charge >= 0.3 is 0 Å². The van der Waals surface area contributed by atoms with Crippen LogP contribution in [0.4, 0.5) is 4.39 Å². The number of aromatic nitrogens is 1. The Morgan fingerprint density at radius 2 is 2.17 bits per heavy atom. The maximum Gasteiger partial charge on any atom is 0.224 e. The van der Waals surface area contributed by atoms with Gasteiger partial charge in [-0.2, -0.15) is 0 Å². The van der Waals surface area contributed by atoms with Crippen LogP contribution in [0.15, 0.2) is 24.4 Å². The van der Waals surface area contributed by atoms with Crippen molar-refractivity contribution in [2.24, 2.45) is 0 Å². The zero-order valence-corrected chi connectivity index (χ0v) is 13.7. The van der Waals surface area contributed by atoms with Crippen LogP contribution in [-0.2, 0) is 11.2 Å². The van der Waals surface area contributed by atoms with Crippen molar-refractivity contribution in [1.29, 1.82) is 0 Å². The molecule has 1 aliphatic heterocycles. The van der Waals surface area contributed by atoms with E-state index in [-0.39, 0.29) is 17.8 Å². The van der Waals surface area contributed by atoms with E-state index in [1.165, 1.54) is 12.1 Å². The number of aromatic amines is 1. The number of piperidine rings is 1. The molecular formula is C18H24FN3O2. The third-order valence-electron chi connectivity index (χ3n) is 4.61. The van der Waals surface area contributed by atoms with Gasteiger partial charge < -0.3 is 20.3 Å². The molecule has 1 amide bonds. The maximum atomic E-state index is 13.2. The third kappa shape index (κ3) is 4.33. The quantitative estimate of drug-likeness (QED) is 0.706. The molecule has 0 unspecified atom stereocenters. The lowest BCUT2D eigenvalue weighted by atomic mass is 10.1. The van der Waals surface area contributed by atoms with E-state index in [0.29, 0.717) is 18.5 Å². The highest BCUT2D eigenvalue weighted by atomic mass is 19.1. The topological polar surface area (TPSA) is 68.4 Å². The van der Waals surface area contributed by atoms with E-state index >= 15 is 0 Å². The van der Waals surface area contributed by atoms with Crippen LogP contribution < -0.4 is 5.32 Å². The van der Waals surface area contributed by atoms with Gasteiger partial charge in [-0.05, 0) is 49.6 Å². The van der Waals surface area contributed by atoms with E-state index in [1.807, 2.05) is 0 Å². The molecule has 0 spiro atoms. The average Bonchev–Trinajstić information content (AvgIpc) is 2.95. The molecule has 24 heavy (non-hydrogen) atoms. The Bertz CT molecular complexity index is 693. The summed E-state index contributed by atoms with van der Waals surface area (Å²) < 4.78 is 13.2. The molecule has 2 aromatic rings. The van der Waals surface area contributed by atoms with Crippen molar-refractivity contribution in [3.05, 3.63) is 35.8 Å².